The minimum atomic E-state index is -3.52. The van der Waals surface area contributed by atoms with Gasteiger partial charge >= 0.3 is 0 Å². The first-order valence-electron chi connectivity index (χ1n) is 7.04. The van der Waals surface area contributed by atoms with Crippen molar-refractivity contribution in [3.8, 4) is 11.8 Å². The van der Waals surface area contributed by atoms with Crippen LogP contribution in [0.15, 0.2) is 29.2 Å². The molecule has 0 aromatic heterocycles. The van der Waals surface area contributed by atoms with E-state index in [1.807, 2.05) is 20.8 Å². The van der Waals surface area contributed by atoms with Crippen molar-refractivity contribution in [2.45, 2.75) is 50.5 Å². The molecule has 116 valence electrons. The van der Waals surface area contributed by atoms with Gasteiger partial charge in [0, 0.05) is 17.5 Å². The van der Waals surface area contributed by atoms with E-state index in [0.29, 0.717) is 6.42 Å². The molecule has 5 heteroatoms. The molecule has 0 unspecified atom stereocenters. The zero-order valence-electron chi connectivity index (χ0n) is 12.8. The van der Waals surface area contributed by atoms with Crippen molar-refractivity contribution in [2.75, 3.05) is 6.61 Å². The summed E-state index contributed by atoms with van der Waals surface area (Å²) < 4.78 is 27.4. The monoisotopic (exact) mass is 309 g/mol. The van der Waals surface area contributed by atoms with Crippen LogP contribution >= 0.6 is 0 Å². The predicted octanol–water partition coefficient (Wildman–Crippen LogP) is 2.28. The fourth-order valence-corrected chi connectivity index (χ4v) is 3.48. The number of aliphatic hydroxyl groups excluding tert-OH is 1. The second-order valence-electron chi connectivity index (χ2n) is 5.54. The summed E-state index contributed by atoms with van der Waals surface area (Å²) in [5.41, 5.74) is 0.267. The van der Waals surface area contributed by atoms with Crippen LogP contribution in [0.3, 0.4) is 0 Å². The van der Waals surface area contributed by atoms with E-state index in [4.69, 9.17) is 5.11 Å². The van der Waals surface area contributed by atoms with E-state index in [2.05, 4.69) is 16.6 Å². The highest BCUT2D eigenvalue weighted by molar-refractivity contribution is 7.89. The van der Waals surface area contributed by atoms with E-state index in [-0.39, 0.29) is 11.5 Å². The molecule has 0 atom stereocenters. The minimum Gasteiger partial charge on any atom is -0.395 e. The quantitative estimate of drug-likeness (QED) is 0.792. The third kappa shape index (κ3) is 5.88. The van der Waals surface area contributed by atoms with E-state index in [1.165, 1.54) is 0 Å². The molecule has 1 rings (SSSR count). The minimum absolute atomic E-state index is 0.0237. The lowest BCUT2D eigenvalue weighted by Gasteiger charge is -2.25. The van der Waals surface area contributed by atoms with Crippen molar-refractivity contribution in [3.63, 3.8) is 0 Å². The number of benzene rings is 1. The lowest BCUT2D eigenvalue weighted by molar-refractivity contribution is 0.305. The maximum Gasteiger partial charge on any atom is 0.241 e. The van der Waals surface area contributed by atoms with Gasteiger partial charge < -0.3 is 5.11 Å². The van der Waals surface area contributed by atoms with E-state index >= 15 is 0 Å². The third-order valence-electron chi connectivity index (χ3n) is 2.92. The molecule has 1 aromatic rings. The Morgan fingerprint density at radius 2 is 1.86 bits per heavy atom. The summed E-state index contributed by atoms with van der Waals surface area (Å²) in [6, 6.07) is 6.44. The Kier molecular flexibility index (Phi) is 6.41. The van der Waals surface area contributed by atoms with E-state index in [9.17, 15) is 8.42 Å². The standard InChI is InChI=1S/C16H23NO3S/c1-4-12-16(2,3)17-21(19,20)15-10-8-14(9-11-15)7-5-6-13-18/h8-11,17-18H,4,6,12-13H2,1-3H3. The SMILES string of the molecule is CCCC(C)(C)NS(=O)(=O)c1ccc(C#CCCO)cc1. The van der Waals surface area contributed by atoms with Gasteiger partial charge in [-0.2, -0.15) is 0 Å². The maximum absolute atomic E-state index is 12.3. The number of sulfonamides is 1. The van der Waals surface area contributed by atoms with Crippen molar-refractivity contribution in [2.24, 2.45) is 0 Å². The zero-order chi connectivity index (χ0) is 15.9. The lowest BCUT2D eigenvalue weighted by atomic mass is 10.0. The van der Waals surface area contributed by atoms with E-state index in [0.717, 1.165) is 18.4 Å². The summed E-state index contributed by atoms with van der Waals surface area (Å²) in [7, 11) is -3.52. The van der Waals surface area contributed by atoms with Gasteiger partial charge in [-0.1, -0.05) is 25.2 Å². The molecule has 0 fully saturated rings. The highest BCUT2D eigenvalue weighted by Crippen LogP contribution is 2.17. The normalized spacial score (nSPS) is 11.8. The lowest BCUT2D eigenvalue weighted by Crippen LogP contribution is -2.43. The maximum atomic E-state index is 12.3. The predicted molar refractivity (Wildman–Crippen MR) is 84.3 cm³/mol. The summed E-state index contributed by atoms with van der Waals surface area (Å²) in [5.74, 6) is 5.67. The van der Waals surface area contributed by atoms with Crippen LogP contribution < -0.4 is 4.72 Å². The van der Waals surface area contributed by atoms with Crippen molar-refractivity contribution in [3.05, 3.63) is 29.8 Å². The Morgan fingerprint density at radius 3 is 2.38 bits per heavy atom. The zero-order valence-corrected chi connectivity index (χ0v) is 13.6. The molecular formula is C16H23NO3S. The highest BCUT2D eigenvalue weighted by Gasteiger charge is 2.25. The molecule has 0 amide bonds. The Balaban J connectivity index is 2.88. The van der Waals surface area contributed by atoms with Crippen LogP contribution in [-0.4, -0.2) is 25.7 Å². The molecule has 21 heavy (non-hydrogen) atoms. The highest BCUT2D eigenvalue weighted by atomic mass is 32.2. The first kappa shape index (κ1) is 17.7. The molecule has 4 nitrogen and oxygen atoms in total. The molecule has 0 saturated carbocycles. The molecule has 2 N–H and O–H groups in total. The van der Waals surface area contributed by atoms with Gasteiger partial charge in [0.2, 0.25) is 10.0 Å². The number of rotatable bonds is 6. The molecule has 0 aliphatic heterocycles. The molecule has 0 heterocycles. The molecule has 0 saturated heterocycles. The van der Waals surface area contributed by atoms with Gasteiger partial charge in [-0.15, -0.1) is 0 Å². The van der Waals surface area contributed by atoms with Crippen LogP contribution in [0.2, 0.25) is 0 Å². The Hall–Kier alpha value is -1.35. The van der Waals surface area contributed by atoms with Crippen LogP contribution in [0.4, 0.5) is 0 Å². The van der Waals surface area contributed by atoms with Crippen LogP contribution in [0, 0.1) is 11.8 Å². The van der Waals surface area contributed by atoms with Gasteiger partial charge in [0.15, 0.2) is 0 Å². The second-order valence-corrected chi connectivity index (χ2v) is 7.22. The smallest absolute Gasteiger partial charge is 0.241 e. The third-order valence-corrected chi connectivity index (χ3v) is 4.63. The van der Waals surface area contributed by atoms with Crippen LogP contribution in [0.1, 0.15) is 45.6 Å². The van der Waals surface area contributed by atoms with Crippen molar-refractivity contribution in [1.29, 1.82) is 0 Å². The average molecular weight is 309 g/mol. The molecule has 0 radical (unpaired) electrons. The first-order chi connectivity index (χ1) is 9.80. The van der Waals surface area contributed by atoms with Gasteiger partial charge in [0.25, 0.3) is 0 Å². The van der Waals surface area contributed by atoms with Crippen LogP contribution in [0.25, 0.3) is 0 Å². The summed E-state index contributed by atoms with van der Waals surface area (Å²) in [5, 5.41) is 8.66. The largest absolute Gasteiger partial charge is 0.395 e. The fraction of sp³-hybridized carbons (Fsp3) is 0.500. The number of hydrogen-bond donors (Lipinski definition) is 2. The number of nitrogens with one attached hydrogen (secondary N) is 1. The fourth-order valence-electron chi connectivity index (χ4n) is 2.04. The summed E-state index contributed by atoms with van der Waals surface area (Å²) >= 11 is 0. The van der Waals surface area contributed by atoms with E-state index < -0.39 is 15.6 Å². The molecule has 0 bridgehead atoms. The Morgan fingerprint density at radius 1 is 1.24 bits per heavy atom. The van der Waals surface area contributed by atoms with Crippen molar-refractivity contribution in [1.82, 2.24) is 4.72 Å². The van der Waals surface area contributed by atoms with Gasteiger partial charge in [-0.25, -0.2) is 13.1 Å². The topological polar surface area (TPSA) is 66.4 Å². The van der Waals surface area contributed by atoms with Gasteiger partial charge in [0.05, 0.1) is 11.5 Å². The number of aliphatic hydroxyl groups is 1. The van der Waals surface area contributed by atoms with Crippen LogP contribution in [0.5, 0.6) is 0 Å². The second kappa shape index (κ2) is 7.60. The molecule has 0 aliphatic carbocycles. The Bertz CT molecular complexity index is 607. The van der Waals surface area contributed by atoms with E-state index in [1.54, 1.807) is 24.3 Å². The molecule has 0 aliphatic rings. The number of hydrogen-bond acceptors (Lipinski definition) is 3. The first-order valence-corrected chi connectivity index (χ1v) is 8.53. The Labute approximate surface area is 127 Å². The van der Waals surface area contributed by atoms with Crippen molar-refractivity contribution < 1.29 is 13.5 Å². The molecule has 0 spiro atoms. The van der Waals surface area contributed by atoms with Gasteiger partial charge in [-0.3, -0.25) is 0 Å². The van der Waals surface area contributed by atoms with Gasteiger partial charge in [-0.05, 0) is 44.5 Å². The molecular weight excluding hydrogens is 286 g/mol. The average Bonchev–Trinajstić information content (AvgIpc) is 2.38. The van der Waals surface area contributed by atoms with Crippen molar-refractivity contribution >= 4 is 10.0 Å². The summed E-state index contributed by atoms with van der Waals surface area (Å²) in [6.45, 7) is 5.80. The van der Waals surface area contributed by atoms with Crippen LogP contribution in [-0.2, 0) is 10.0 Å². The summed E-state index contributed by atoms with van der Waals surface area (Å²) in [4.78, 5) is 0.236. The summed E-state index contributed by atoms with van der Waals surface area (Å²) in [6.07, 6.45) is 2.10. The van der Waals surface area contributed by atoms with Gasteiger partial charge in [0.1, 0.15) is 0 Å². The molecule has 1 aromatic carbocycles.